The first-order valence-corrected chi connectivity index (χ1v) is 9.91. The van der Waals surface area contributed by atoms with Crippen LogP contribution in [0.5, 0.6) is 0 Å². The molecule has 4 saturated carbocycles. The lowest BCUT2D eigenvalue weighted by Gasteiger charge is -2.56. The Morgan fingerprint density at radius 1 is 1.04 bits per heavy atom. The molecule has 0 atom stereocenters. The average Bonchev–Trinajstić information content (AvgIpc) is 2.60. The molecule has 140 valence electrons. The van der Waals surface area contributed by atoms with Gasteiger partial charge in [-0.05, 0) is 68.4 Å². The van der Waals surface area contributed by atoms with Crippen LogP contribution in [0.1, 0.15) is 44.9 Å². The molecule has 1 aromatic rings. The maximum atomic E-state index is 12.4. The molecule has 5 nitrogen and oxygen atoms in total. The van der Waals surface area contributed by atoms with Gasteiger partial charge < -0.3 is 15.5 Å². The molecule has 0 heterocycles. The quantitative estimate of drug-likeness (QED) is 0.851. The van der Waals surface area contributed by atoms with Gasteiger partial charge in [0, 0.05) is 31.2 Å². The van der Waals surface area contributed by atoms with Gasteiger partial charge in [0.1, 0.15) is 0 Å². The molecular weight excluding hydrogens is 326 g/mol. The van der Waals surface area contributed by atoms with Crippen LogP contribution in [-0.2, 0) is 4.79 Å². The minimum absolute atomic E-state index is 0.00584. The number of carbonyl (C=O) groups excluding carboxylic acids is 2. The van der Waals surface area contributed by atoms with E-state index in [0.717, 1.165) is 42.7 Å². The number of amides is 3. The first-order chi connectivity index (χ1) is 12.5. The highest BCUT2D eigenvalue weighted by Gasteiger charge is 2.51. The van der Waals surface area contributed by atoms with Gasteiger partial charge in [0.05, 0.1) is 0 Å². The molecule has 0 aliphatic heterocycles. The highest BCUT2D eigenvalue weighted by molar-refractivity contribution is 5.93. The van der Waals surface area contributed by atoms with Crippen LogP contribution in [0, 0.1) is 17.8 Å². The predicted octanol–water partition coefficient (Wildman–Crippen LogP) is 3.31. The fourth-order valence-corrected chi connectivity index (χ4v) is 5.80. The van der Waals surface area contributed by atoms with E-state index in [-0.39, 0.29) is 17.5 Å². The second kappa shape index (κ2) is 6.93. The minimum atomic E-state index is -0.109. The molecule has 4 bridgehead atoms. The van der Waals surface area contributed by atoms with Gasteiger partial charge in [-0.15, -0.1) is 0 Å². The van der Waals surface area contributed by atoms with E-state index in [9.17, 15) is 9.59 Å². The Bertz CT molecular complexity index is 638. The van der Waals surface area contributed by atoms with Crippen LogP contribution >= 0.6 is 0 Å². The van der Waals surface area contributed by atoms with Crippen LogP contribution in [-0.4, -0.2) is 31.1 Å². The Morgan fingerprint density at radius 3 is 2.19 bits per heavy atom. The summed E-state index contributed by atoms with van der Waals surface area (Å²) in [5.41, 5.74) is 0.888. The van der Waals surface area contributed by atoms with Gasteiger partial charge in [-0.2, -0.15) is 0 Å². The molecule has 4 fully saturated rings. The lowest BCUT2D eigenvalue weighted by Crippen LogP contribution is -2.61. The van der Waals surface area contributed by atoms with Crippen LogP contribution in [0.3, 0.4) is 0 Å². The summed E-state index contributed by atoms with van der Waals surface area (Å²) in [7, 11) is 1.77. The van der Waals surface area contributed by atoms with Crippen molar-refractivity contribution in [1.29, 1.82) is 0 Å². The summed E-state index contributed by atoms with van der Waals surface area (Å²) in [4.78, 5) is 26.3. The molecule has 0 radical (unpaired) electrons. The molecule has 5 rings (SSSR count). The van der Waals surface area contributed by atoms with Crippen molar-refractivity contribution < 1.29 is 9.59 Å². The van der Waals surface area contributed by atoms with Crippen LogP contribution < -0.4 is 15.5 Å². The van der Waals surface area contributed by atoms with Crippen molar-refractivity contribution in [3.8, 4) is 0 Å². The number of nitrogens with one attached hydrogen (secondary N) is 2. The first kappa shape index (κ1) is 17.4. The topological polar surface area (TPSA) is 61.4 Å². The number of para-hydroxylation sites is 1. The zero-order valence-electron chi connectivity index (χ0n) is 15.5. The van der Waals surface area contributed by atoms with Gasteiger partial charge in [0.15, 0.2) is 0 Å². The fraction of sp³-hybridized carbons (Fsp3) is 0.619. The van der Waals surface area contributed by atoms with Crippen molar-refractivity contribution in [2.75, 3.05) is 18.5 Å². The summed E-state index contributed by atoms with van der Waals surface area (Å²) < 4.78 is 0. The highest BCUT2D eigenvalue weighted by Crippen LogP contribution is 2.55. The Morgan fingerprint density at radius 2 is 1.62 bits per heavy atom. The zero-order chi connectivity index (χ0) is 18.1. The van der Waals surface area contributed by atoms with E-state index in [2.05, 4.69) is 10.6 Å². The lowest BCUT2D eigenvalue weighted by molar-refractivity contribution is -0.118. The number of hydrogen-bond donors (Lipinski definition) is 2. The van der Waals surface area contributed by atoms with E-state index in [0.29, 0.717) is 13.0 Å². The Balaban J connectivity index is 1.24. The maximum Gasteiger partial charge on any atom is 0.315 e. The fourth-order valence-electron chi connectivity index (χ4n) is 5.80. The molecule has 4 aliphatic carbocycles. The molecule has 0 aromatic heterocycles. The summed E-state index contributed by atoms with van der Waals surface area (Å²) >= 11 is 0. The van der Waals surface area contributed by atoms with Crippen LogP contribution in [0.25, 0.3) is 0 Å². The molecule has 5 heteroatoms. The molecular formula is C21H29N3O2. The first-order valence-electron chi connectivity index (χ1n) is 9.91. The standard InChI is InChI=1S/C21H29N3O2/c1-24(18-5-3-2-4-6-18)19(25)7-8-22-20(26)23-21-12-15-9-16(13-21)11-17(10-15)14-21/h2-6,15-17H,7-14H2,1H3,(H2,22,23,26). The SMILES string of the molecule is CN(C(=O)CCNC(=O)NC12CC3CC(CC(C3)C1)C2)c1ccccc1. The van der Waals surface area contributed by atoms with Crippen molar-refractivity contribution >= 4 is 17.6 Å². The van der Waals surface area contributed by atoms with E-state index in [1.54, 1.807) is 11.9 Å². The summed E-state index contributed by atoms with van der Waals surface area (Å²) in [5, 5.41) is 6.18. The van der Waals surface area contributed by atoms with Crippen molar-refractivity contribution in [3.05, 3.63) is 30.3 Å². The average molecular weight is 355 g/mol. The number of rotatable bonds is 5. The molecule has 4 aliphatic rings. The molecule has 2 N–H and O–H groups in total. The summed E-state index contributed by atoms with van der Waals surface area (Å²) in [6.07, 6.45) is 7.82. The summed E-state index contributed by atoms with van der Waals surface area (Å²) in [6.45, 7) is 0.369. The number of urea groups is 1. The number of hydrogen-bond acceptors (Lipinski definition) is 2. The van der Waals surface area contributed by atoms with E-state index in [4.69, 9.17) is 0 Å². The van der Waals surface area contributed by atoms with Crippen LogP contribution in [0.2, 0.25) is 0 Å². The Hall–Kier alpha value is -2.04. The second-order valence-corrected chi connectivity index (χ2v) is 8.62. The predicted molar refractivity (Wildman–Crippen MR) is 102 cm³/mol. The molecule has 0 spiro atoms. The van der Waals surface area contributed by atoms with E-state index in [1.807, 2.05) is 30.3 Å². The van der Waals surface area contributed by atoms with E-state index < -0.39 is 0 Å². The van der Waals surface area contributed by atoms with Crippen LogP contribution in [0.4, 0.5) is 10.5 Å². The smallest absolute Gasteiger partial charge is 0.315 e. The minimum Gasteiger partial charge on any atom is -0.338 e. The van der Waals surface area contributed by atoms with Crippen molar-refractivity contribution in [1.82, 2.24) is 10.6 Å². The van der Waals surface area contributed by atoms with Crippen molar-refractivity contribution in [3.63, 3.8) is 0 Å². The summed E-state index contributed by atoms with van der Waals surface area (Å²) in [5.74, 6) is 2.43. The largest absolute Gasteiger partial charge is 0.338 e. The maximum absolute atomic E-state index is 12.4. The van der Waals surface area contributed by atoms with Gasteiger partial charge in [-0.1, -0.05) is 18.2 Å². The number of nitrogens with zero attached hydrogens (tertiary/aromatic N) is 1. The molecule has 0 saturated heterocycles. The lowest BCUT2D eigenvalue weighted by atomic mass is 9.53. The van der Waals surface area contributed by atoms with Gasteiger partial charge in [0.2, 0.25) is 5.91 Å². The Labute approximate surface area is 155 Å². The third-order valence-electron chi connectivity index (χ3n) is 6.56. The van der Waals surface area contributed by atoms with Crippen LogP contribution in [0.15, 0.2) is 30.3 Å². The van der Waals surface area contributed by atoms with Gasteiger partial charge in [-0.25, -0.2) is 4.79 Å². The van der Waals surface area contributed by atoms with E-state index >= 15 is 0 Å². The number of carbonyl (C=O) groups is 2. The third-order valence-corrected chi connectivity index (χ3v) is 6.56. The van der Waals surface area contributed by atoms with Crippen molar-refractivity contribution in [2.45, 2.75) is 50.5 Å². The molecule has 0 unspecified atom stereocenters. The normalized spacial score (nSPS) is 31.5. The van der Waals surface area contributed by atoms with Gasteiger partial charge in [-0.3, -0.25) is 4.79 Å². The number of anilines is 1. The highest BCUT2D eigenvalue weighted by atomic mass is 16.2. The Kier molecular flexibility index (Phi) is 4.63. The second-order valence-electron chi connectivity index (χ2n) is 8.62. The van der Waals surface area contributed by atoms with Gasteiger partial charge >= 0.3 is 6.03 Å². The molecule has 26 heavy (non-hydrogen) atoms. The monoisotopic (exact) mass is 355 g/mol. The third kappa shape index (κ3) is 3.57. The van der Waals surface area contributed by atoms with Gasteiger partial charge in [0.25, 0.3) is 0 Å². The molecule has 1 aromatic carbocycles. The zero-order valence-corrected chi connectivity index (χ0v) is 15.5. The van der Waals surface area contributed by atoms with Crippen molar-refractivity contribution in [2.24, 2.45) is 17.8 Å². The number of benzene rings is 1. The summed E-state index contributed by atoms with van der Waals surface area (Å²) in [6, 6.07) is 9.46. The van der Waals surface area contributed by atoms with E-state index in [1.165, 1.54) is 19.3 Å². The molecule has 3 amide bonds.